The van der Waals surface area contributed by atoms with Crippen molar-refractivity contribution in [1.82, 2.24) is 0 Å². The van der Waals surface area contributed by atoms with Gasteiger partial charge in [0, 0.05) is 6.42 Å². The number of nitrogens with two attached hydrogens (primary N) is 1. The Morgan fingerprint density at radius 1 is 1.55 bits per heavy atom. The van der Waals surface area contributed by atoms with E-state index >= 15 is 0 Å². The first kappa shape index (κ1) is 8.57. The van der Waals surface area contributed by atoms with E-state index in [9.17, 15) is 0 Å². The summed E-state index contributed by atoms with van der Waals surface area (Å²) in [5, 5.41) is 0. The molecule has 0 amide bonds. The molecule has 2 heteroatoms. The summed E-state index contributed by atoms with van der Waals surface area (Å²) in [7, 11) is 0. The van der Waals surface area contributed by atoms with Gasteiger partial charge in [0.05, 0.1) is 11.9 Å². The van der Waals surface area contributed by atoms with E-state index < -0.39 is 0 Å². The smallest absolute Gasteiger partial charge is 0.0937 e. The van der Waals surface area contributed by atoms with Gasteiger partial charge < -0.3 is 5.73 Å². The maximum Gasteiger partial charge on any atom is 0.0937 e. The van der Waals surface area contributed by atoms with Gasteiger partial charge >= 0.3 is 0 Å². The normalized spacial score (nSPS) is 30.5. The zero-order chi connectivity index (χ0) is 8.27. The van der Waals surface area contributed by atoms with Gasteiger partial charge in [-0.2, -0.15) is 0 Å². The van der Waals surface area contributed by atoms with E-state index in [1.54, 1.807) is 0 Å². The fourth-order valence-electron chi connectivity index (χ4n) is 1.38. The molecule has 1 fully saturated rings. The molecule has 1 aliphatic rings. The number of rotatable bonds is 4. The lowest BCUT2D eigenvalue weighted by atomic mass is 10.2. The van der Waals surface area contributed by atoms with Crippen molar-refractivity contribution in [1.29, 1.82) is 0 Å². The molecule has 2 nitrogen and oxygen atoms in total. The van der Waals surface area contributed by atoms with Gasteiger partial charge in [0.1, 0.15) is 0 Å². The molecule has 1 saturated carbocycles. The van der Waals surface area contributed by atoms with Crippen molar-refractivity contribution in [2.45, 2.75) is 45.6 Å². The predicted molar refractivity (Wildman–Crippen MR) is 48.7 cm³/mol. The molecule has 0 aromatic heterocycles. The zero-order valence-electron chi connectivity index (χ0n) is 7.51. The fourth-order valence-corrected chi connectivity index (χ4v) is 1.38. The van der Waals surface area contributed by atoms with E-state index in [4.69, 9.17) is 5.73 Å². The second-order valence-electron chi connectivity index (χ2n) is 3.33. The van der Waals surface area contributed by atoms with Gasteiger partial charge in [-0.05, 0) is 18.8 Å². The Morgan fingerprint density at radius 3 is 2.82 bits per heavy atom. The van der Waals surface area contributed by atoms with E-state index in [-0.39, 0.29) is 0 Å². The van der Waals surface area contributed by atoms with Crippen LogP contribution in [-0.2, 0) is 0 Å². The molecule has 0 aromatic rings. The predicted octanol–water partition coefficient (Wildman–Crippen LogP) is 1.94. The third kappa shape index (κ3) is 2.52. The summed E-state index contributed by atoms with van der Waals surface area (Å²) in [4.78, 5) is 4.40. The molecule has 0 aliphatic heterocycles. The van der Waals surface area contributed by atoms with E-state index in [1.807, 2.05) is 0 Å². The van der Waals surface area contributed by atoms with E-state index in [2.05, 4.69) is 18.8 Å². The van der Waals surface area contributed by atoms with Gasteiger partial charge in [-0.3, -0.25) is 4.99 Å². The monoisotopic (exact) mass is 154 g/mol. The number of hydrogen-bond donors (Lipinski definition) is 1. The molecule has 0 heterocycles. The molecular weight excluding hydrogens is 136 g/mol. The Hall–Kier alpha value is -0.530. The second-order valence-corrected chi connectivity index (χ2v) is 3.33. The standard InChI is InChI=1S/C9H18N2/c1-3-5-7-6-8(7)11-9(10)4-2/h7-8H,3-6H2,1-2H3,(H2,10,11). The summed E-state index contributed by atoms with van der Waals surface area (Å²) >= 11 is 0. The summed E-state index contributed by atoms with van der Waals surface area (Å²) in [5.74, 6) is 1.68. The Bertz CT molecular complexity index is 152. The summed E-state index contributed by atoms with van der Waals surface area (Å²) < 4.78 is 0. The minimum Gasteiger partial charge on any atom is -0.387 e. The van der Waals surface area contributed by atoms with Gasteiger partial charge in [-0.15, -0.1) is 0 Å². The largest absolute Gasteiger partial charge is 0.387 e. The fraction of sp³-hybridized carbons (Fsp3) is 0.889. The van der Waals surface area contributed by atoms with Crippen LogP contribution >= 0.6 is 0 Å². The van der Waals surface area contributed by atoms with Crippen LogP contribution in [0.4, 0.5) is 0 Å². The lowest BCUT2D eigenvalue weighted by molar-refractivity contribution is 0.683. The van der Waals surface area contributed by atoms with Crippen LogP contribution < -0.4 is 5.73 Å². The molecule has 2 N–H and O–H groups in total. The van der Waals surface area contributed by atoms with Crippen LogP contribution in [0.15, 0.2) is 4.99 Å². The second kappa shape index (κ2) is 3.74. The SMILES string of the molecule is CCCC1CC1N=C(N)CC. The number of aliphatic imine (C=N–C) groups is 1. The first-order valence-electron chi connectivity index (χ1n) is 4.60. The van der Waals surface area contributed by atoms with Gasteiger partial charge in [-0.1, -0.05) is 20.3 Å². The summed E-state index contributed by atoms with van der Waals surface area (Å²) in [6.45, 7) is 4.28. The van der Waals surface area contributed by atoms with Crippen LogP contribution in [0.1, 0.15) is 39.5 Å². The highest BCUT2D eigenvalue weighted by Gasteiger charge is 2.35. The lowest BCUT2D eigenvalue weighted by Crippen LogP contribution is -2.10. The van der Waals surface area contributed by atoms with Gasteiger partial charge in [-0.25, -0.2) is 0 Å². The quantitative estimate of drug-likeness (QED) is 0.487. The van der Waals surface area contributed by atoms with Crippen molar-refractivity contribution >= 4 is 5.84 Å². The van der Waals surface area contributed by atoms with Crippen molar-refractivity contribution in [2.75, 3.05) is 0 Å². The molecule has 1 aliphatic carbocycles. The lowest BCUT2D eigenvalue weighted by Gasteiger charge is -1.94. The molecule has 11 heavy (non-hydrogen) atoms. The van der Waals surface area contributed by atoms with Gasteiger partial charge in [0.2, 0.25) is 0 Å². The van der Waals surface area contributed by atoms with Crippen molar-refractivity contribution in [3.8, 4) is 0 Å². The number of hydrogen-bond acceptors (Lipinski definition) is 1. The average molecular weight is 154 g/mol. The molecule has 2 unspecified atom stereocenters. The molecule has 2 atom stereocenters. The molecule has 0 bridgehead atoms. The molecule has 64 valence electrons. The first-order valence-corrected chi connectivity index (χ1v) is 4.60. The Kier molecular flexibility index (Phi) is 2.92. The average Bonchev–Trinajstić information content (AvgIpc) is 2.69. The van der Waals surface area contributed by atoms with Crippen LogP contribution in [0.5, 0.6) is 0 Å². The zero-order valence-corrected chi connectivity index (χ0v) is 7.51. The van der Waals surface area contributed by atoms with Crippen LogP contribution in [0.25, 0.3) is 0 Å². The highest BCUT2D eigenvalue weighted by Crippen LogP contribution is 2.37. The molecule has 0 saturated heterocycles. The number of amidine groups is 1. The van der Waals surface area contributed by atoms with Crippen molar-refractivity contribution in [3.63, 3.8) is 0 Å². The first-order chi connectivity index (χ1) is 5.27. The van der Waals surface area contributed by atoms with E-state index in [0.717, 1.165) is 18.2 Å². The molecule has 0 spiro atoms. The summed E-state index contributed by atoms with van der Waals surface area (Å²) in [6, 6.07) is 0.579. The summed E-state index contributed by atoms with van der Waals surface area (Å²) in [6.07, 6.45) is 4.78. The Morgan fingerprint density at radius 2 is 2.27 bits per heavy atom. The van der Waals surface area contributed by atoms with Crippen LogP contribution in [-0.4, -0.2) is 11.9 Å². The summed E-state index contributed by atoms with van der Waals surface area (Å²) in [5.41, 5.74) is 5.62. The van der Waals surface area contributed by atoms with Crippen LogP contribution in [0, 0.1) is 5.92 Å². The highest BCUT2D eigenvalue weighted by molar-refractivity contribution is 5.80. The number of nitrogens with zero attached hydrogens (tertiary/aromatic N) is 1. The third-order valence-electron chi connectivity index (χ3n) is 2.24. The van der Waals surface area contributed by atoms with Crippen molar-refractivity contribution in [3.05, 3.63) is 0 Å². The Balaban J connectivity index is 2.22. The van der Waals surface area contributed by atoms with E-state index in [1.165, 1.54) is 19.3 Å². The maximum absolute atomic E-state index is 5.62. The van der Waals surface area contributed by atoms with Gasteiger partial charge in [0.25, 0.3) is 0 Å². The minimum absolute atomic E-state index is 0.579. The van der Waals surface area contributed by atoms with E-state index in [0.29, 0.717) is 6.04 Å². The highest BCUT2D eigenvalue weighted by atomic mass is 14.9. The third-order valence-corrected chi connectivity index (χ3v) is 2.24. The molecule has 1 rings (SSSR count). The van der Waals surface area contributed by atoms with Crippen LogP contribution in [0.3, 0.4) is 0 Å². The molecule has 0 radical (unpaired) electrons. The maximum atomic E-state index is 5.62. The van der Waals surface area contributed by atoms with Crippen molar-refractivity contribution in [2.24, 2.45) is 16.6 Å². The minimum atomic E-state index is 0.579. The van der Waals surface area contributed by atoms with Crippen LogP contribution in [0.2, 0.25) is 0 Å². The van der Waals surface area contributed by atoms with Gasteiger partial charge in [0.15, 0.2) is 0 Å². The Labute approximate surface area is 68.9 Å². The molecular formula is C9H18N2. The molecule has 0 aromatic carbocycles. The topological polar surface area (TPSA) is 38.4 Å². The van der Waals surface area contributed by atoms with Crippen molar-refractivity contribution < 1.29 is 0 Å².